The molecule has 0 saturated heterocycles. The van der Waals surface area contributed by atoms with Gasteiger partial charge in [0.2, 0.25) is 11.1 Å². The molecule has 0 atom stereocenters. The summed E-state index contributed by atoms with van der Waals surface area (Å²) < 4.78 is 1.25. The van der Waals surface area contributed by atoms with Crippen LogP contribution in [0, 0.1) is 6.92 Å². The molecule has 1 amide bonds. The molecule has 0 aliphatic carbocycles. The highest BCUT2D eigenvalue weighted by molar-refractivity contribution is 7.99. The Morgan fingerprint density at radius 2 is 2.00 bits per heavy atom. The Kier molecular flexibility index (Phi) is 6.73. The Hall–Kier alpha value is -3.04. The van der Waals surface area contributed by atoms with Crippen LogP contribution in [0.5, 0.6) is 0 Å². The van der Waals surface area contributed by atoms with Gasteiger partial charge < -0.3 is 11.2 Å². The van der Waals surface area contributed by atoms with Gasteiger partial charge in [-0.3, -0.25) is 4.79 Å². The molecule has 0 aliphatic heterocycles. The fourth-order valence-corrected chi connectivity index (χ4v) is 3.20. The van der Waals surface area contributed by atoms with E-state index in [0.717, 1.165) is 16.8 Å². The number of carbonyl (C=O) groups is 1. The van der Waals surface area contributed by atoms with Crippen LogP contribution in [0.2, 0.25) is 5.02 Å². The van der Waals surface area contributed by atoms with E-state index in [9.17, 15) is 4.79 Å². The molecule has 3 rings (SSSR count). The molecular formula is C19H20ClN7OS. The number of nitrogens with one attached hydrogen (secondary N) is 2. The number of aromatic nitrogens is 3. The van der Waals surface area contributed by atoms with Crippen LogP contribution in [-0.2, 0) is 4.79 Å². The molecule has 0 aliphatic rings. The first-order chi connectivity index (χ1) is 13.9. The van der Waals surface area contributed by atoms with Crippen molar-refractivity contribution in [3.05, 3.63) is 64.7 Å². The van der Waals surface area contributed by atoms with Gasteiger partial charge in [0.15, 0.2) is 0 Å². The molecule has 0 fully saturated rings. The largest absolute Gasteiger partial charge is 0.334 e. The van der Waals surface area contributed by atoms with Crippen LogP contribution in [0.1, 0.15) is 18.1 Å². The number of aryl methyl sites for hydroxylation is 1. The second-order valence-corrected chi connectivity index (χ2v) is 7.53. The normalized spacial score (nSPS) is 11.3. The van der Waals surface area contributed by atoms with E-state index in [0.29, 0.717) is 15.9 Å². The first kappa shape index (κ1) is 20.7. The monoisotopic (exact) mass is 429 g/mol. The maximum atomic E-state index is 12.2. The lowest BCUT2D eigenvalue weighted by Gasteiger charge is -2.08. The molecule has 0 unspecified atom stereocenters. The fourth-order valence-electron chi connectivity index (χ4n) is 2.37. The van der Waals surface area contributed by atoms with Crippen molar-refractivity contribution >= 4 is 46.6 Å². The summed E-state index contributed by atoms with van der Waals surface area (Å²) >= 11 is 7.14. The predicted octanol–water partition coefficient (Wildman–Crippen LogP) is 3.52. The number of halogens is 1. The van der Waals surface area contributed by atoms with Crippen LogP contribution in [0.25, 0.3) is 0 Å². The Morgan fingerprint density at radius 1 is 1.24 bits per heavy atom. The van der Waals surface area contributed by atoms with Gasteiger partial charge in [-0.15, -0.1) is 10.2 Å². The maximum Gasteiger partial charge on any atom is 0.264 e. The van der Waals surface area contributed by atoms with Crippen LogP contribution in [0.4, 0.5) is 11.6 Å². The molecular weight excluding hydrogens is 410 g/mol. The summed E-state index contributed by atoms with van der Waals surface area (Å²) in [5.41, 5.74) is 6.15. The van der Waals surface area contributed by atoms with Gasteiger partial charge in [0.25, 0.3) is 5.95 Å². The number of carbonyl (C=O) groups excluding carboxylic acids is 1. The van der Waals surface area contributed by atoms with Gasteiger partial charge >= 0.3 is 0 Å². The minimum atomic E-state index is -0.198. The van der Waals surface area contributed by atoms with Crippen molar-refractivity contribution in [3.63, 3.8) is 0 Å². The van der Waals surface area contributed by atoms with E-state index < -0.39 is 0 Å². The third-order valence-corrected chi connectivity index (χ3v) is 5.16. The van der Waals surface area contributed by atoms with Gasteiger partial charge in [0.05, 0.1) is 11.5 Å². The number of thioether (sulfide) groups is 1. The van der Waals surface area contributed by atoms with E-state index in [1.807, 2.05) is 50.2 Å². The van der Waals surface area contributed by atoms with Gasteiger partial charge in [-0.1, -0.05) is 59.8 Å². The van der Waals surface area contributed by atoms with Crippen LogP contribution >= 0.6 is 23.4 Å². The van der Waals surface area contributed by atoms with E-state index >= 15 is 0 Å². The predicted molar refractivity (Wildman–Crippen MR) is 118 cm³/mol. The molecule has 4 N–H and O–H groups in total. The molecule has 0 bridgehead atoms. The van der Waals surface area contributed by atoms with E-state index in [-0.39, 0.29) is 17.6 Å². The number of amides is 1. The Morgan fingerprint density at radius 3 is 2.76 bits per heavy atom. The molecule has 10 heteroatoms. The van der Waals surface area contributed by atoms with Crippen molar-refractivity contribution in [2.24, 2.45) is 5.10 Å². The van der Waals surface area contributed by atoms with E-state index in [2.05, 4.69) is 26.0 Å². The number of benzene rings is 2. The topological polar surface area (TPSA) is 110 Å². The number of hydrogen-bond acceptors (Lipinski definition) is 7. The smallest absolute Gasteiger partial charge is 0.264 e. The molecule has 8 nitrogen and oxygen atoms in total. The first-order valence-electron chi connectivity index (χ1n) is 8.69. The molecule has 3 aromatic rings. The zero-order chi connectivity index (χ0) is 20.8. The lowest BCUT2D eigenvalue weighted by Crippen LogP contribution is -2.17. The van der Waals surface area contributed by atoms with Crippen molar-refractivity contribution in [2.45, 2.75) is 19.0 Å². The standard InChI is InChI=1S/C19H20ClN7OS/c1-12-8-9-15(20)10-16(12)22-17(28)11-29-19-26-25-18(27(19)21)24-23-13(2)14-6-4-3-5-7-14/h3-10H,11,21H2,1-2H3,(H,22,28)(H,24,25)/b23-13+. The summed E-state index contributed by atoms with van der Waals surface area (Å²) in [4.78, 5) is 12.2. The summed E-state index contributed by atoms with van der Waals surface area (Å²) in [6, 6.07) is 15.0. The lowest BCUT2D eigenvalue weighted by atomic mass is 10.1. The van der Waals surface area contributed by atoms with E-state index in [4.69, 9.17) is 17.4 Å². The quantitative estimate of drug-likeness (QED) is 0.229. The van der Waals surface area contributed by atoms with Gasteiger partial charge in [-0.2, -0.15) is 5.10 Å². The average Bonchev–Trinajstić information content (AvgIpc) is 3.07. The van der Waals surface area contributed by atoms with Crippen LogP contribution in [0.15, 0.2) is 58.8 Å². The van der Waals surface area contributed by atoms with Gasteiger partial charge in [-0.25, -0.2) is 10.1 Å². The Bertz CT molecular complexity index is 1040. The minimum Gasteiger partial charge on any atom is -0.334 e. The molecule has 0 saturated carbocycles. The van der Waals surface area contributed by atoms with Crippen molar-refractivity contribution in [2.75, 3.05) is 22.3 Å². The van der Waals surface area contributed by atoms with Crippen molar-refractivity contribution in [1.82, 2.24) is 14.9 Å². The number of rotatable bonds is 7. The highest BCUT2D eigenvalue weighted by Gasteiger charge is 2.13. The summed E-state index contributed by atoms with van der Waals surface area (Å²) in [6.45, 7) is 3.77. The third-order valence-electron chi connectivity index (χ3n) is 3.99. The van der Waals surface area contributed by atoms with Gasteiger partial charge in [0, 0.05) is 10.7 Å². The summed E-state index contributed by atoms with van der Waals surface area (Å²) in [5.74, 6) is 6.19. The maximum absolute atomic E-state index is 12.2. The second-order valence-electron chi connectivity index (χ2n) is 6.15. The minimum absolute atomic E-state index is 0.119. The average molecular weight is 430 g/mol. The molecule has 1 aromatic heterocycles. The number of nitrogen functional groups attached to an aromatic ring is 1. The number of hydrogen-bond donors (Lipinski definition) is 3. The summed E-state index contributed by atoms with van der Waals surface area (Å²) in [5, 5.41) is 16.0. The zero-order valence-electron chi connectivity index (χ0n) is 15.9. The van der Waals surface area contributed by atoms with E-state index in [1.54, 1.807) is 12.1 Å². The van der Waals surface area contributed by atoms with Crippen LogP contribution in [-0.4, -0.2) is 32.2 Å². The molecule has 0 radical (unpaired) electrons. The highest BCUT2D eigenvalue weighted by Crippen LogP contribution is 2.21. The number of anilines is 2. The van der Waals surface area contributed by atoms with E-state index in [1.165, 1.54) is 16.4 Å². The van der Waals surface area contributed by atoms with Crippen molar-refractivity contribution in [1.29, 1.82) is 0 Å². The molecule has 150 valence electrons. The zero-order valence-corrected chi connectivity index (χ0v) is 17.5. The third kappa shape index (κ3) is 5.49. The van der Waals surface area contributed by atoms with Crippen LogP contribution in [0.3, 0.4) is 0 Å². The lowest BCUT2D eigenvalue weighted by molar-refractivity contribution is -0.113. The highest BCUT2D eigenvalue weighted by atomic mass is 35.5. The second kappa shape index (κ2) is 9.44. The molecule has 29 heavy (non-hydrogen) atoms. The fraction of sp³-hybridized carbons (Fsp3) is 0.158. The SMILES string of the molecule is C/C(=N\Nc1nnc(SCC(=O)Nc2cc(Cl)ccc2C)n1N)c1ccccc1. The molecule has 1 heterocycles. The summed E-state index contributed by atoms with van der Waals surface area (Å²) in [6.07, 6.45) is 0. The first-order valence-corrected chi connectivity index (χ1v) is 10.1. The van der Waals surface area contributed by atoms with Gasteiger partial charge in [0.1, 0.15) is 0 Å². The number of nitrogens with zero attached hydrogens (tertiary/aromatic N) is 4. The molecule has 0 spiro atoms. The van der Waals surface area contributed by atoms with Crippen LogP contribution < -0.4 is 16.6 Å². The Balaban J connectivity index is 1.58. The Labute approximate surface area is 177 Å². The van der Waals surface area contributed by atoms with Crippen molar-refractivity contribution in [3.8, 4) is 0 Å². The molecule has 2 aromatic carbocycles. The number of hydrazone groups is 1. The number of nitrogens with two attached hydrogens (primary N) is 1. The van der Waals surface area contributed by atoms with Crippen molar-refractivity contribution < 1.29 is 4.79 Å². The van der Waals surface area contributed by atoms with Gasteiger partial charge in [-0.05, 0) is 37.1 Å². The summed E-state index contributed by atoms with van der Waals surface area (Å²) in [7, 11) is 0.